The maximum atomic E-state index is 11.5. The smallest absolute Gasteiger partial charge is 0.264 e. The molecule has 1 aliphatic carbocycles. The minimum absolute atomic E-state index is 0. The van der Waals surface area contributed by atoms with Gasteiger partial charge in [0.1, 0.15) is 6.54 Å². The Morgan fingerprint density at radius 3 is 2.24 bits per heavy atom. The number of fused-ring (bicyclic) bond motifs is 2. The molecule has 6 rings (SSSR count). The number of para-hydroxylation sites is 2. The van der Waals surface area contributed by atoms with Crippen LogP contribution < -0.4 is 4.90 Å². The van der Waals surface area contributed by atoms with Crippen LogP contribution in [0.2, 0.25) is 0 Å². The monoisotopic (exact) mass is 880 g/mol. The summed E-state index contributed by atoms with van der Waals surface area (Å²) < 4.78 is 68.7. The third-order valence-electron chi connectivity index (χ3n) is 11.3. The molecule has 14 heteroatoms. The van der Waals surface area contributed by atoms with Gasteiger partial charge in [-0.2, -0.15) is 18.0 Å². The Morgan fingerprint density at radius 1 is 0.864 bits per heavy atom. The molecule has 0 spiro atoms. The van der Waals surface area contributed by atoms with Crippen LogP contribution in [0.4, 0.5) is 17.1 Å². The van der Waals surface area contributed by atoms with Gasteiger partial charge >= 0.3 is 0 Å². The van der Waals surface area contributed by atoms with Crippen LogP contribution in [0.3, 0.4) is 0 Å². The molecule has 3 aliphatic rings. The van der Waals surface area contributed by atoms with Crippen LogP contribution in [0.5, 0.6) is 0 Å². The van der Waals surface area contributed by atoms with E-state index in [0.717, 1.165) is 52.6 Å². The molecule has 0 atom stereocenters. The Morgan fingerprint density at radius 2 is 1.54 bits per heavy atom. The van der Waals surface area contributed by atoms with Crippen LogP contribution in [0, 0.1) is 0 Å². The topological polar surface area (TPSA) is 130 Å². The van der Waals surface area contributed by atoms with Crippen molar-refractivity contribution in [2.24, 2.45) is 4.99 Å². The number of thiocarbonyl (C=S) groups is 1. The molecule has 3 aromatic carbocycles. The second kappa shape index (κ2) is 19.8. The minimum atomic E-state index is -4.28. The number of unbranched alkanes of at least 4 members (excludes halogenated alkanes) is 2. The summed E-state index contributed by atoms with van der Waals surface area (Å²) in [6.07, 6.45) is 13.5. The molecule has 59 heavy (non-hydrogen) atoms. The number of hydrogen-bond acceptors (Lipinski definition) is 9. The number of aliphatic imine (C=N–C) groups is 1. The maximum Gasteiger partial charge on any atom is 0.264 e. The number of anilines is 1. The van der Waals surface area contributed by atoms with E-state index in [1.54, 1.807) is 11.8 Å². The van der Waals surface area contributed by atoms with E-state index in [4.69, 9.17) is 12.2 Å². The molecule has 1 N–H and O–H groups in total. The van der Waals surface area contributed by atoms with Gasteiger partial charge in [-0.1, -0.05) is 74.2 Å². The fourth-order valence-corrected chi connectivity index (χ4v) is 10.7. The molecule has 0 saturated heterocycles. The maximum absolute atomic E-state index is 11.5. The van der Waals surface area contributed by atoms with Gasteiger partial charge in [-0.25, -0.2) is 8.42 Å². The average molecular weight is 881 g/mol. The van der Waals surface area contributed by atoms with Gasteiger partial charge in [-0.15, -0.1) is 0 Å². The first kappa shape index (κ1) is 47.1. The van der Waals surface area contributed by atoms with Crippen molar-refractivity contribution in [1.82, 2.24) is 0 Å². The Bertz CT molecular complexity index is 2480. The Labute approximate surface area is 382 Å². The van der Waals surface area contributed by atoms with E-state index in [1.165, 1.54) is 27.2 Å². The quantitative estimate of drug-likeness (QED) is 0.0373. The minimum Gasteiger partial charge on any atom is -0.748 e. The summed E-state index contributed by atoms with van der Waals surface area (Å²) in [5.41, 5.74) is 9.43. The molecule has 3 aromatic rings. The summed E-state index contributed by atoms with van der Waals surface area (Å²) in [6, 6.07) is 24.7. The van der Waals surface area contributed by atoms with Gasteiger partial charge in [0.2, 0.25) is 5.69 Å². The van der Waals surface area contributed by atoms with Gasteiger partial charge in [-0.3, -0.25) is 4.55 Å². The van der Waals surface area contributed by atoms with Crippen LogP contribution in [0.25, 0.3) is 0 Å². The second-order valence-electron chi connectivity index (χ2n) is 16.0. The zero-order valence-electron chi connectivity index (χ0n) is 34.5. The van der Waals surface area contributed by atoms with Gasteiger partial charge in [0, 0.05) is 92.6 Å². The fourth-order valence-electron chi connectivity index (χ4n) is 8.34. The van der Waals surface area contributed by atoms with Crippen LogP contribution in [0.15, 0.2) is 129 Å². The van der Waals surface area contributed by atoms with E-state index in [-0.39, 0.29) is 51.9 Å². The van der Waals surface area contributed by atoms with Gasteiger partial charge in [0.15, 0.2) is 5.71 Å². The van der Waals surface area contributed by atoms with Crippen molar-refractivity contribution in [3.05, 3.63) is 130 Å². The zero-order chi connectivity index (χ0) is 41.7. The Balaban J connectivity index is 0.00000661. The number of nitrogens with zero attached hydrogens (tertiary/aromatic N) is 3. The third-order valence-corrected chi connectivity index (χ3v) is 14.2. The fraction of sp³-hybridized carbons (Fsp3) is 0.378. The predicted molar refractivity (Wildman–Crippen MR) is 244 cm³/mol. The summed E-state index contributed by atoms with van der Waals surface area (Å²) in [4.78, 5) is 8.66. The van der Waals surface area contributed by atoms with Gasteiger partial charge in [0.25, 0.3) is 10.1 Å². The van der Waals surface area contributed by atoms with Crippen LogP contribution in [-0.2, 0) is 31.1 Å². The van der Waals surface area contributed by atoms with Crippen LogP contribution in [0.1, 0.15) is 83.8 Å². The number of rotatable bonds is 16. The van der Waals surface area contributed by atoms with Crippen LogP contribution >= 0.6 is 24.0 Å². The van der Waals surface area contributed by atoms with E-state index in [2.05, 4.69) is 114 Å². The number of hydrogen-bond donors (Lipinski definition) is 1. The number of allylic oxidation sites excluding steroid dienone is 7. The second-order valence-corrected chi connectivity index (χ2v) is 20.4. The number of benzene rings is 3. The molecule has 0 aromatic heterocycles. The summed E-state index contributed by atoms with van der Waals surface area (Å²) in [6.45, 7) is 10.1. The first-order valence-corrected chi connectivity index (χ1v) is 24.1. The molecule has 0 saturated carbocycles. The van der Waals surface area contributed by atoms with E-state index in [9.17, 15) is 25.9 Å². The first-order chi connectivity index (χ1) is 27.5. The van der Waals surface area contributed by atoms with Crippen molar-refractivity contribution in [2.45, 2.75) is 88.4 Å². The Kier molecular flexibility index (Phi) is 15.8. The van der Waals surface area contributed by atoms with Crippen molar-refractivity contribution < 1.29 is 30.5 Å². The van der Waals surface area contributed by atoms with Crippen LogP contribution in [-0.4, -0.2) is 95.5 Å². The van der Waals surface area contributed by atoms with Gasteiger partial charge in [0.05, 0.1) is 32.1 Å². The summed E-state index contributed by atoms with van der Waals surface area (Å²) >= 11 is 6.56. The normalized spacial score (nSPS) is 18.6. The summed E-state index contributed by atoms with van der Waals surface area (Å²) in [5.74, 6) is -0.634. The third kappa shape index (κ3) is 11.5. The average Bonchev–Trinajstić information content (AvgIpc) is 3.52. The molecule has 0 unspecified atom stereocenters. The van der Waals surface area contributed by atoms with Crippen molar-refractivity contribution in [1.29, 1.82) is 0 Å². The molecule has 0 bridgehead atoms. The van der Waals surface area contributed by atoms with Gasteiger partial charge < -0.3 is 9.45 Å². The van der Waals surface area contributed by atoms with E-state index >= 15 is 0 Å². The largest absolute Gasteiger partial charge is 0.748 e. The molecule has 0 amide bonds. The van der Waals surface area contributed by atoms with E-state index in [0.29, 0.717) is 38.8 Å². The SMILES string of the molecule is CC1(C)C(/C=C/C2=C(Sc3ccc(N=C=S)cc3)C(=C/C=C3/N(CCCCS(=O)(=O)[O-])c4ccccc4C3(C)C)/CCC2)=[N+](CCCCS(=O)(=O)O)c2ccccc21.[Na]. The summed E-state index contributed by atoms with van der Waals surface area (Å²) in [7, 11) is -8.31. The molecule has 1 radical (unpaired) electrons. The molecule has 307 valence electrons. The van der Waals surface area contributed by atoms with Gasteiger partial charge in [-0.05, 0) is 118 Å². The van der Waals surface area contributed by atoms with Crippen molar-refractivity contribution in [2.75, 3.05) is 29.5 Å². The van der Waals surface area contributed by atoms with Crippen molar-refractivity contribution in [3.63, 3.8) is 0 Å². The summed E-state index contributed by atoms with van der Waals surface area (Å²) in [5, 5.41) is 2.44. The van der Waals surface area contributed by atoms with Crippen molar-refractivity contribution >= 4 is 102 Å². The molecular formula is C45H51N3NaO6S4. The van der Waals surface area contributed by atoms with E-state index < -0.39 is 20.2 Å². The molecule has 9 nitrogen and oxygen atoms in total. The number of thioether (sulfide) groups is 1. The van der Waals surface area contributed by atoms with Crippen molar-refractivity contribution in [3.8, 4) is 0 Å². The standard InChI is InChI=1S/C45H51N3O6S4.Na/c1-44(2)37-16-5-7-18-39(37)47(28-9-11-30-57(49,50)51)41(44)26-20-33-14-13-15-34(43(33)56-36-24-22-35(23-25-36)46-32-55)21-27-42-45(3,4)38-17-6-8-19-40(38)48(42)29-10-12-31-58(52,53)54;/h5-8,16-27H,9-15,28-31H2,1-4H3,(H-,49,50,51,52,53,54);. The molecule has 2 heterocycles. The first-order valence-electron chi connectivity index (χ1n) is 19.7. The van der Waals surface area contributed by atoms with E-state index in [1.807, 2.05) is 30.3 Å². The molecular weight excluding hydrogens is 830 g/mol. The molecule has 2 aliphatic heterocycles. The number of isothiocyanates is 1. The molecule has 0 fully saturated rings. The zero-order valence-corrected chi connectivity index (χ0v) is 39.7. The predicted octanol–water partition coefficient (Wildman–Crippen LogP) is 9.80. The Hall–Kier alpha value is -2.94.